The van der Waals surface area contributed by atoms with Gasteiger partial charge in [0.05, 0.1) is 0 Å². The summed E-state index contributed by atoms with van der Waals surface area (Å²) in [6.45, 7) is 5.07. The van der Waals surface area contributed by atoms with Gasteiger partial charge in [0.1, 0.15) is 5.75 Å². The van der Waals surface area contributed by atoms with Crippen LogP contribution in [0.2, 0.25) is 0 Å². The summed E-state index contributed by atoms with van der Waals surface area (Å²) in [6, 6.07) is 7.98. The maximum Gasteiger partial charge on any atom is 0.260 e. The summed E-state index contributed by atoms with van der Waals surface area (Å²) in [5, 5.41) is 3.19. The van der Waals surface area contributed by atoms with Crippen molar-refractivity contribution in [3.05, 3.63) is 29.8 Å². The van der Waals surface area contributed by atoms with Crippen molar-refractivity contribution in [2.45, 2.75) is 32.6 Å². The molecule has 1 amide bonds. The molecule has 1 heterocycles. The molecule has 0 radical (unpaired) electrons. The van der Waals surface area contributed by atoms with E-state index in [0.717, 1.165) is 50.6 Å². The first-order valence-electron chi connectivity index (χ1n) is 8.37. The highest BCUT2D eigenvalue weighted by atomic mass is 16.5. The van der Waals surface area contributed by atoms with E-state index in [4.69, 9.17) is 4.74 Å². The standard InChI is InChI=1S/C18H28N2O2/c1-3-15-4-6-17(7-5-15)22-14-18(21)20-12-9-16(10-13-20)8-11-19-2/h4-7,16,19H,3,8-14H2,1-2H3. The molecule has 1 fully saturated rings. The molecule has 0 atom stereocenters. The summed E-state index contributed by atoms with van der Waals surface area (Å²) in [5.74, 6) is 1.63. The lowest BCUT2D eigenvalue weighted by molar-refractivity contribution is -0.134. The summed E-state index contributed by atoms with van der Waals surface area (Å²) in [7, 11) is 1.99. The average molecular weight is 304 g/mol. The molecule has 0 spiro atoms. The van der Waals surface area contributed by atoms with Gasteiger partial charge in [0, 0.05) is 13.1 Å². The zero-order chi connectivity index (χ0) is 15.8. The number of amides is 1. The molecule has 1 aliphatic heterocycles. The molecular weight excluding hydrogens is 276 g/mol. The van der Waals surface area contributed by atoms with Crippen LogP contribution >= 0.6 is 0 Å². The molecule has 4 nitrogen and oxygen atoms in total. The summed E-state index contributed by atoms with van der Waals surface area (Å²) >= 11 is 0. The highest BCUT2D eigenvalue weighted by molar-refractivity contribution is 5.77. The zero-order valence-electron chi connectivity index (χ0n) is 13.8. The molecule has 2 rings (SSSR count). The molecule has 0 aromatic heterocycles. The third kappa shape index (κ3) is 5.02. The number of carbonyl (C=O) groups excluding carboxylic acids is 1. The van der Waals surface area contributed by atoms with Gasteiger partial charge in [0.25, 0.3) is 5.91 Å². The molecule has 1 saturated heterocycles. The van der Waals surface area contributed by atoms with Crippen molar-refractivity contribution in [2.75, 3.05) is 33.3 Å². The molecule has 122 valence electrons. The minimum absolute atomic E-state index is 0.103. The minimum Gasteiger partial charge on any atom is -0.484 e. The van der Waals surface area contributed by atoms with E-state index in [9.17, 15) is 4.79 Å². The predicted molar refractivity (Wildman–Crippen MR) is 89.2 cm³/mol. The fourth-order valence-electron chi connectivity index (χ4n) is 2.88. The maximum absolute atomic E-state index is 12.2. The third-order valence-corrected chi connectivity index (χ3v) is 4.46. The summed E-state index contributed by atoms with van der Waals surface area (Å²) in [4.78, 5) is 14.1. The predicted octanol–water partition coefficient (Wildman–Crippen LogP) is 2.48. The first-order chi connectivity index (χ1) is 10.7. The van der Waals surface area contributed by atoms with E-state index < -0.39 is 0 Å². The Morgan fingerprint density at radius 2 is 1.95 bits per heavy atom. The third-order valence-electron chi connectivity index (χ3n) is 4.46. The molecule has 22 heavy (non-hydrogen) atoms. The fraction of sp³-hybridized carbons (Fsp3) is 0.611. The molecule has 0 bridgehead atoms. The Balaban J connectivity index is 1.71. The van der Waals surface area contributed by atoms with Crippen LogP contribution in [0, 0.1) is 5.92 Å². The van der Waals surface area contributed by atoms with E-state index in [0.29, 0.717) is 0 Å². The van der Waals surface area contributed by atoms with Gasteiger partial charge in [0.2, 0.25) is 0 Å². The molecule has 1 aliphatic rings. The van der Waals surface area contributed by atoms with Crippen molar-refractivity contribution in [3.8, 4) is 5.75 Å². The molecule has 0 saturated carbocycles. The maximum atomic E-state index is 12.2. The van der Waals surface area contributed by atoms with E-state index in [-0.39, 0.29) is 12.5 Å². The number of rotatable bonds is 7. The second-order valence-electron chi connectivity index (χ2n) is 6.00. The van der Waals surface area contributed by atoms with Crippen LogP contribution in [0.1, 0.15) is 31.7 Å². The summed E-state index contributed by atoms with van der Waals surface area (Å²) < 4.78 is 5.61. The number of nitrogens with one attached hydrogen (secondary N) is 1. The lowest BCUT2D eigenvalue weighted by Gasteiger charge is -2.32. The van der Waals surface area contributed by atoms with Gasteiger partial charge in [-0.1, -0.05) is 19.1 Å². The number of nitrogens with zero attached hydrogens (tertiary/aromatic N) is 1. The number of hydrogen-bond donors (Lipinski definition) is 1. The second-order valence-corrected chi connectivity index (χ2v) is 6.00. The number of hydrogen-bond acceptors (Lipinski definition) is 3. The fourth-order valence-corrected chi connectivity index (χ4v) is 2.88. The Morgan fingerprint density at radius 3 is 2.55 bits per heavy atom. The van der Waals surface area contributed by atoms with Crippen LogP contribution in [0.3, 0.4) is 0 Å². The highest BCUT2D eigenvalue weighted by Crippen LogP contribution is 2.20. The van der Waals surface area contributed by atoms with Gasteiger partial charge in [-0.2, -0.15) is 0 Å². The van der Waals surface area contributed by atoms with Crippen molar-refractivity contribution < 1.29 is 9.53 Å². The van der Waals surface area contributed by atoms with E-state index in [1.807, 2.05) is 36.2 Å². The number of ether oxygens (including phenoxy) is 1. The Bertz CT molecular complexity index is 451. The topological polar surface area (TPSA) is 41.6 Å². The quantitative estimate of drug-likeness (QED) is 0.841. The zero-order valence-corrected chi connectivity index (χ0v) is 13.8. The lowest BCUT2D eigenvalue weighted by atomic mass is 9.93. The van der Waals surface area contributed by atoms with E-state index in [2.05, 4.69) is 12.2 Å². The molecule has 0 aliphatic carbocycles. The average Bonchev–Trinajstić information content (AvgIpc) is 2.58. The monoisotopic (exact) mass is 304 g/mol. The van der Waals surface area contributed by atoms with Crippen LogP contribution < -0.4 is 10.1 Å². The van der Waals surface area contributed by atoms with Gasteiger partial charge in [-0.3, -0.25) is 4.79 Å². The van der Waals surface area contributed by atoms with Gasteiger partial charge < -0.3 is 15.0 Å². The largest absolute Gasteiger partial charge is 0.484 e. The van der Waals surface area contributed by atoms with E-state index in [1.54, 1.807) is 0 Å². The Kier molecular flexibility index (Phi) is 6.72. The van der Waals surface area contributed by atoms with E-state index in [1.165, 1.54) is 12.0 Å². The van der Waals surface area contributed by atoms with Gasteiger partial charge in [-0.25, -0.2) is 0 Å². The Labute approximate surface area is 133 Å². The number of carbonyl (C=O) groups is 1. The van der Waals surface area contributed by atoms with Crippen LogP contribution in [-0.4, -0.2) is 44.1 Å². The van der Waals surface area contributed by atoms with E-state index >= 15 is 0 Å². The first kappa shape index (κ1) is 16.8. The molecular formula is C18H28N2O2. The molecule has 1 aromatic rings. The number of aryl methyl sites for hydroxylation is 1. The van der Waals surface area contributed by atoms with Crippen LogP contribution in [0.15, 0.2) is 24.3 Å². The van der Waals surface area contributed by atoms with Crippen molar-refractivity contribution in [1.29, 1.82) is 0 Å². The van der Waals surface area contributed by atoms with Crippen LogP contribution in [0.5, 0.6) is 5.75 Å². The normalized spacial score (nSPS) is 15.8. The van der Waals surface area contributed by atoms with Crippen molar-refractivity contribution in [3.63, 3.8) is 0 Å². The lowest BCUT2D eigenvalue weighted by Crippen LogP contribution is -2.41. The summed E-state index contributed by atoms with van der Waals surface area (Å²) in [5.41, 5.74) is 1.28. The van der Waals surface area contributed by atoms with Crippen molar-refractivity contribution in [2.24, 2.45) is 5.92 Å². The molecule has 4 heteroatoms. The Hall–Kier alpha value is -1.55. The SMILES string of the molecule is CCc1ccc(OCC(=O)N2CCC(CCNC)CC2)cc1. The highest BCUT2D eigenvalue weighted by Gasteiger charge is 2.22. The molecule has 1 aromatic carbocycles. The van der Waals surface area contributed by atoms with Gasteiger partial charge in [-0.05, 0) is 62.9 Å². The molecule has 0 unspecified atom stereocenters. The van der Waals surface area contributed by atoms with Crippen LogP contribution in [-0.2, 0) is 11.2 Å². The van der Waals surface area contributed by atoms with Gasteiger partial charge >= 0.3 is 0 Å². The Morgan fingerprint density at radius 1 is 1.27 bits per heavy atom. The van der Waals surface area contributed by atoms with Gasteiger partial charge in [0.15, 0.2) is 6.61 Å². The van der Waals surface area contributed by atoms with Crippen LogP contribution in [0.4, 0.5) is 0 Å². The number of piperidine rings is 1. The minimum atomic E-state index is 0.103. The molecule has 1 N–H and O–H groups in total. The number of benzene rings is 1. The van der Waals surface area contributed by atoms with Crippen molar-refractivity contribution >= 4 is 5.91 Å². The second kappa shape index (κ2) is 8.79. The van der Waals surface area contributed by atoms with Crippen LogP contribution in [0.25, 0.3) is 0 Å². The summed E-state index contributed by atoms with van der Waals surface area (Å²) in [6.07, 6.45) is 4.44. The van der Waals surface area contributed by atoms with Crippen molar-refractivity contribution in [1.82, 2.24) is 10.2 Å². The number of likely N-dealkylation sites (tertiary alicyclic amines) is 1. The van der Waals surface area contributed by atoms with Gasteiger partial charge in [-0.15, -0.1) is 0 Å². The first-order valence-corrected chi connectivity index (χ1v) is 8.37. The smallest absolute Gasteiger partial charge is 0.260 e.